The molecule has 0 N–H and O–H groups in total. The number of ether oxygens (including phenoxy) is 1. The highest BCUT2D eigenvalue weighted by Gasteiger charge is 2.42. The van der Waals surface area contributed by atoms with Gasteiger partial charge < -0.3 is 9.30 Å². The molecule has 112 valence electrons. The van der Waals surface area contributed by atoms with Crippen molar-refractivity contribution in [3.05, 3.63) is 28.2 Å². The summed E-state index contributed by atoms with van der Waals surface area (Å²) in [7, 11) is 0. The number of rotatable bonds is 3. The summed E-state index contributed by atoms with van der Waals surface area (Å²) in [6, 6.07) is 3.57. The van der Waals surface area contributed by atoms with Gasteiger partial charge in [-0.1, -0.05) is 0 Å². The summed E-state index contributed by atoms with van der Waals surface area (Å²) in [4.78, 5) is 4.66. The molecule has 1 aromatic heterocycles. The van der Waals surface area contributed by atoms with Crippen molar-refractivity contribution < 1.29 is 9.13 Å². The van der Waals surface area contributed by atoms with Gasteiger partial charge in [0.25, 0.3) is 0 Å². The molecule has 2 bridgehead atoms. The number of benzene rings is 1. The van der Waals surface area contributed by atoms with Gasteiger partial charge in [-0.25, -0.2) is 9.37 Å². The number of aryl methyl sites for hydroxylation is 1. The van der Waals surface area contributed by atoms with Gasteiger partial charge in [-0.3, -0.25) is 0 Å². The van der Waals surface area contributed by atoms with Crippen molar-refractivity contribution >= 4 is 38.6 Å². The minimum absolute atomic E-state index is 0.230. The zero-order valence-electron chi connectivity index (χ0n) is 11.4. The van der Waals surface area contributed by atoms with E-state index in [0.29, 0.717) is 22.9 Å². The van der Waals surface area contributed by atoms with Crippen molar-refractivity contribution in [2.75, 3.05) is 5.88 Å². The van der Waals surface area contributed by atoms with Gasteiger partial charge in [0.15, 0.2) is 0 Å². The normalized spacial score (nSPS) is 27.9. The van der Waals surface area contributed by atoms with Crippen LogP contribution in [0, 0.1) is 5.82 Å². The molecule has 2 aliphatic rings. The van der Waals surface area contributed by atoms with Crippen molar-refractivity contribution in [1.29, 1.82) is 0 Å². The predicted octanol–water partition coefficient (Wildman–Crippen LogP) is 4.21. The Bertz CT molecular complexity index is 705. The van der Waals surface area contributed by atoms with Crippen LogP contribution in [-0.4, -0.2) is 27.6 Å². The average molecular weight is 374 g/mol. The van der Waals surface area contributed by atoms with E-state index in [-0.39, 0.29) is 18.0 Å². The van der Waals surface area contributed by atoms with Crippen LogP contribution in [0.5, 0.6) is 0 Å². The van der Waals surface area contributed by atoms with Gasteiger partial charge in [-0.05, 0) is 41.3 Å². The van der Waals surface area contributed by atoms with E-state index in [1.54, 1.807) is 12.1 Å². The van der Waals surface area contributed by atoms with Crippen LogP contribution in [0.15, 0.2) is 16.6 Å². The molecule has 3 heterocycles. The molecule has 3 atom stereocenters. The minimum Gasteiger partial charge on any atom is -0.373 e. The number of imidazole rings is 1. The maximum Gasteiger partial charge on any atom is 0.139 e. The Morgan fingerprint density at radius 2 is 2.29 bits per heavy atom. The van der Waals surface area contributed by atoms with E-state index in [1.807, 2.05) is 0 Å². The average Bonchev–Trinajstić information content (AvgIpc) is 3.13. The predicted molar refractivity (Wildman–Crippen MR) is 83.4 cm³/mol. The molecule has 0 radical (unpaired) electrons. The first-order valence-electron chi connectivity index (χ1n) is 7.24. The highest BCUT2D eigenvalue weighted by atomic mass is 79.9. The first-order valence-corrected chi connectivity index (χ1v) is 8.57. The smallest absolute Gasteiger partial charge is 0.139 e. The van der Waals surface area contributed by atoms with Crippen molar-refractivity contribution in [1.82, 2.24) is 9.55 Å². The summed E-state index contributed by atoms with van der Waals surface area (Å²) in [5.74, 6) is 1.18. The number of nitrogens with zero attached hydrogens (tertiary/aromatic N) is 2. The summed E-state index contributed by atoms with van der Waals surface area (Å²) in [6.07, 6.45) is 4.47. The van der Waals surface area contributed by atoms with E-state index in [4.69, 9.17) is 16.3 Å². The Hall–Kier alpha value is -0.650. The Kier molecular flexibility index (Phi) is 3.47. The molecule has 0 amide bonds. The fourth-order valence-corrected chi connectivity index (χ4v) is 4.15. The molecule has 21 heavy (non-hydrogen) atoms. The van der Waals surface area contributed by atoms with Gasteiger partial charge in [-0.15, -0.1) is 11.6 Å². The lowest BCUT2D eigenvalue weighted by atomic mass is 9.95. The van der Waals surface area contributed by atoms with E-state index in [9.17, 15) is 4.39 Å². The van der Waals surface area contributed by atoms with Gasteiger partial charge in [0, 0.05) is 18.4 Å². The fraction of sp³-hybridized carbons (Fsp3) is 0.533. The van der Waals surface area contributed by atoms with E-state index >= 15 is 0 Å². The lowest BCUT2D eigenvalue weighted by molar-refractivity contribution is 0.0940. The molecule has 6 heteroatoms. The molecule has 1 aromatic carbocycles. The van der Waals surface area contributed by atoms with Crippen LogP contribution in [0.25, 0.3) is 11.0 Å². The van der Waals surface area contributed by atoms with Crippen LogP contribution in [0.1, 0.15) is 31.1 Å². The van der Waals surface area contributed by atoms with Crippen molar-refractivity contribution in [3.8, 4) is 0 Å². The number of aromatic nitrogens is 2. The third kappa shape index (κ3) is 2.21. The Morgan fingerprint density at radius 3 is 2.95 bits per heavy atom. The molecular formula is C15H15BrClFN2O. The molecule has 2 aromatic rings. The molecular weight excluding hydrogens is 359 g/mol. The van der Waals surface area contributed by atoms with E-state index < -0.39 is 0 Å². The molecule has 0 saturated carbocycles. The van der Waals surface area contributed by atoms with E-state index in [0.717, 1.165) is 36.1 Å². The van der Waals surface area contributed by atoms with Crippen molar-refractivity contribution in [2.24, 2.45) is 0 Å². The second-order valence-corrected chi connectivity index (χ2v) is 7.00. The molecule has 0 aliphatic carbocycles. The highest BCUT2D eigenvalue weighted by molar-refractivity contribution is 9.10. The Balaban J connectivity index is 1.88. The van der Waals surface area contributed by atoms with Gasteiger partial charge in [-0.2, -0.15) is 0 Å². The minimum atomic E-state index is -0.259. The monoisotopic (exact) mass is 372 g/mol. The van der Waals surface area contributed by atoms with Crippen LogP contribution < -0.4 is 0 Å². The molecule has 2 aliphatic heterocycles. The molecule has 0 spiro atoms. The first kappa shape index (κ1) is 14.0. The Labute approximate surface area is 135 Å². The molecule has 2 saturated heterocycles. The summed E-state index contributed by atoms with van der Waals surface area (Å²) in [6.45, 7) is 0. The quantitative estimate of drug-likeness (QED) is 0.754. The zero-order chi connectivity index (χ0) is 14.6. The summed E-state index contributed by atoms with van der Waals surface area (Å²) in [5, 5.41) is 0. The number of fused-ring (bicyclic) bond motifs is 3. The summed E-state index contributed by atoms with van der Waals surface area (Å²) in [5.41, 5.74) is 1.66. The van der Waals surface area contributed by atoms with Crippen LogP contribution in [0.2, 0.25) is 0 Å². The summed E-state index contributed by atoms with van der Waals surface area (Å²) < 4.78 is 22.5. The molecule has 4 rings (SSSR count). The van der Waals surface area contributed by atoms with Gasteiger partial charge in [0.2, 0.25) is 0 Å². The number of alkyl halides is 1. The van der Waals surface area contributed by atoms with Crippen LogP contribution in [0.3, 0.4) is 0 Å². The first-order chi connectivity index (χ1) is 10.2. The third-order valence-electron chi connectivity index (χ3n) is 4.53. The van der Waals surface area contributed by atoms with Crippen LogP contribution >= 0.6 is 27.5 Å². The topological polar surface area (TPSA) is 27.1 Å². The van der Waals surface area contributed by atoms with Crippen molar-refractivity contribution in [2.45, 2.75) is 43.9 Å². The van der Waals surface area contributed by atoms with Crippen LogP contribution in [0.4, 0.5) is 4.39 Å². The fourth-order valence-electron chi connectivity index (χ4n) is 3.65. The van der Waals surface area contributed by atoms with Gasteiger partial charge >= 0.3 is 0 Å². The maximum atomic E-state index is 14.0. The molecule has 3 nitrogen and oxygen atoms in total. The Morgan fingerprint density at radius 1 is 1.43 bits per heavy atom. The van der Waals surface area contributed by atoms with E-state index in [2.05, 4.69) is 25.5 Å². The molecule has 2 fully saturated rings. The second-order valence-electron chi connectivity index (χ2n) is 5.77. The highest BCUT2D eigenvalue weighted by Crippen LogP contribution is 2.43. The number of hydrogen-bond acceptors (Lipinski definition) is 2. The standard InChI is InChI=1S/C15H15BrClFN2O/c16-9-6-11-12(7-10(9)18)20(15(19-11)3-4-17)13-5-8-1-2-14(13)21-8/h6-8,13-14H,1-5H2. The van der Waals surface area contributed by atoms with E-state index in [1.165, 1.54) is 0 Å². The van der Waals surface area contributed by atoms with Crippen LogP contribution in [-0.2, 0) is 11.2 Å². The van der Waals surface area contributed by atoms with Crippen molar-refractivity contribution in [3.63, 3.8) is 0 Å². The largest absolute Gasteiger partial charge is 0.373 e. The molecule has 3 unspecified atom stereocenters. The third-order valence-corrected chi connectivity index (χ3v) is 5.32. The zero-order valence-corrected chi connectivity index (χ0v) is 13.7. The number of halogens is 3. The maximum absolute atomic E-state index is 14.0. The van der Waals surface area contributed by atoms with Gasteiger partial charge in [0.05, 0.1) is 33.8 Å². The lowest BCUT2D eigenvalue weighted by Crippen LogP contribution is -2.23. The lowest BCUT2D eigenvalue weighted by Gasteiger charge is -2.23. The second kappa shape index (κ2) is 5.21. The number of hydrogen-bond donors (Lipinski definition) is 0. The summed E-state index contributed by atoms with van der Waals surface area (Å²) >= 11 is 9.15. The van der Waals surface area contributed by atoms with Gasteiger partial charge in [0.1, 0.15) is 11.6 Å². The SMILES string of the molecule is Fc1cc2c(cc1Br)nc(CCCl)n2C1CC2CCC1O2.